The van der Waals surface area contributed by atoms with Crippen molar-refractivity contribution in [3.63, 3.8) is 0 Å². The molecule has 0 heterocycles. The predicted molar refractivity (Wildman–Crippen MR) is 37.8 cm³/mol. The van der Waals surface area contributed by atoms with Crippen LogP contribution in [0.2, 0.25) is 0 Å². The molecule has 0 aromatic carbocycles. The Morgan fingerprint density at radius 1 is 1.00 bits per heavy atom. The van der Waals surface area contributed by atoms with Crippen LogP contribution in [0.5, 0.6) is 0 Å². The van der Waals surface area contributed by atoms with Crippen LogP contribution in [0.1, 0.15) is 0 Å². The Bertz CT molecular complexity index is 56.3. The fourth-order valence-electron chi connectivity index (χ4n) is 0.358. The van der Waals surface area contributed by atoms with Gasteiger partial charge in [0.1, 0.15) is 0 Å². The maximum Gasteiger partial charge on any atom is 0.207 e. The van der Waals surface area contributed by atoms with Gasteiger partial charge in [-0.1, -0.05) is 0 Å². The molecule has 4 heteroatoms. The first-order valence-electron chi connectivity index (χ1n) is 2.64. The molecule has 0 aromatic heterocycles. The second-order valence-corrected chi connectivity index (χ2v) is 2.18. The lowest BCUT2D eigenvalue weighted by atomic mass is 10.4. The summed E-state index contributed by atoms with van der Waals surface area (Å²) in [4.78, 5) is 2.00. The smallest absolute Gasteiger partial charge is 0.207 e. The van der Waals surface area contributed by atoms with E-state index in [9.17, 15) is 0 Å². The van der Waals surface area contributed by atoms with Gasteiger partial charge in [0.25, 0.3) is 0 Å². The average molecular weight is 115 g/mol. The van der Waals surface area contributed by atoms with Crippen molar-refractivity contribution < 1.29 is 0 Å². The van der Waals surface area contributed by atoms with Gasteiger partial charge in [-0.2, -0.15) is 5.12 Å². The molecule has 0 bridgehead atoms. The summed E-state index contributed by atoms with van der Waals surface area (Å²) in [7, 11) is 10.0. The predicted octanol–water partition coefficient (Wildman–Crippen LogP) is -1.21. The molecule has 8 heavy (non-hydrogen) atoms. The lowest BCUT2D eigenvalue weighted by Gasteiger charge is -2.30. The molecular weight excluding hydrogens is 101 g/mol. The molecule has 0 aromatic rings. The molecule has 48 valence electrons. The molecule has 0 unspecified atom stereocenters. The summed E-state index contributed by atoms with van der Waals surface area (Å²) in [6.07, 6.45) is 0. The molecule has 0 saturated carbocycles. The third-order valence-electron chi connectivity index (χ3n) is 1.16. The van der Waals surface area contributed by atoms with Crippen molar-refractivity contribution in [3.05, 3.63) is 0 Å². The summed E-state index contributed by atoms with van der Waals surface area (Å²) < 4.78 is 0. The van der Waals surface area contributed by atoms with Gasteiger partial charge in [0.2, 0.25) is 7.98 Å². The van der Waals surface area contributed by atoms with Crippen LogP contribution in [0.15, 0.2) is 0 Å². The topological polar surface area (TPSA) is 9.72 Å². The Kier molecular flexibility index (Phi) is 3.05. The minimum absolute atomic E-state index is 2.00. The van der Waals surface area contributed by atoms with Crippen molar-refractivity contribution in [1.82, 2.24) is 15.0 Å². The quantitative estimate of drug-likeness (QED) is 0.330. The average Bonchev–Trinajstić information content (AvgIpc) is 1.64. The van der Waals surface area contributed by atoms with Crippen molar-refractivity contribution in [1.29, 1.82) is 0 Å². The second-order valence-electron chi connectivity index (χ2n) is 2.18. The van der Waals surface area contributed by atoms with Gasteiger partial charge in [-0.05, 0) is 7.05 Å². The summed E-state index contributed by atoms with van der Waals surface area (Å²) in [6.45, 7) is 0. The number of hydrazine groups is 2. The van der Waals surface area contributed by atoms with Crippen molar-refractivity contribution in [2.75, 3.05) is 28.2 Å². The Hall–Kier alpha value is -0.0551. The van der Waals surface area contributed by atoms with E-state index >= 15 is 0 Å². The maximum atomic E-state index is 2.00. The molecule has 0 fully saturated rings. The zero-order valence-electron chi connectivity index (χ0n) is 6.34. The van der Waals surface area contributed by atoms with Crippen molar-refractivity contribution in [2.24, 2.45) is 0 Å². The first-order chi connectivity index (χ1) is 3.55. The minimum Gasteiger partial charge on any atom is -0.280 e. The van der Waals surface area contributed by atoms with E-state index < -0.39 is 0 Å². The van der Waals surface area contributed by atoms with Crippen LogP contribution in [0.4, 0.5) is 0 Å². The van der Waals surface area contributed by atoms with E-state index in [1.807, 2.05) is 51.2 Å². The van der Waals surface area contributed by atoms with Crippen LogP contribution in [0.3, 0.4) is 0 Å². The normalized spacial score (nSPS) is 11.9. The summed E-state index contributed by atoms with van der Waals surface area (Å²) >= 11 is 0. The fraction of sp³-hybridized carbons (Fsp3) is 1.00. The third kappa shape index (κ3) is 2.30. The van der Waals surface area contributed by atoms with Crippen molar-refractivity contribution in [2.45, 2.75) is 0 Å². The Balaban J connectivity index is 3.46. The van der Waals surface area contributed by atoms with E-state index in [1.165, 1.54) is 0 Å². The summed E-state index contributed by atoms with van der Waals surface area (Å²) in [5.41, 5.74) is 0. The van der Waals surface area contributed by atoms with Crippen LogP contribution >= 0.6 is 0 Å². The molecule has 0 spiro atoms. The van der Waals surface area contributed by atoms with Crippen molar-refractivity contribution in [3.8, 4) is 0 Å². The maximum absolute atomic E-state index is 2.00. The van der Waals surface area contributed by atoms with E-state index in [4.69, 9.17) is 0 Å². The summed E-state index contributed by atoms with van der Waals surface area (Å²) in [5.74, 6) is 0. The number of rotatable bonds is 2. The van der Waals surface area contributed by atoms with Gasteiger partial charge in [-0.15, -0.1) is 0 Å². The number of nitrogens with zero attached hydrogens (tertiary/aromatic N) is 3. The van der Waals surface area contributed by atoms with Crippen LogP contribution in [0.25, 0.3) is 0 Å². The van der Waals surface area contributed by atoms with E-state index in [-0.39, 0.29) is 0 Å². The van der Waals surface area contributed by atoms with Gasteiger partial charge in [-0.3, -0.25) is 4.92 Å². The van der Waals surface area contributed by atoms with E-state index in [0.717, 1.165) is 0 Å². The third-order valence-corrected chi connectivity index (χ3v) is 1.16. The standard InChI is InChI=1S/C4H14BN3/c1-6(2)8(4)7(3)5/h5H2,1-4H3. The van der Waals surface area contributed by atoms with Gasteiger partial charge in [0, 0.05) is 21.1 Å². The highest BCUT2D eigenvalue weighted by Crippen LogP contribution is 1.84. The molecule has 0 aliphatic rings. The summed E-state index contributed by atoms with van der Waals surface area (Å²) in [6, 6.07) is 0. The zero-order chi connectivity index (χ0) is 6.73. The van der Waals surface area contributed by atoms with Crippen LogP contribution in [-0.2, 0) is 0 Å². The van der Waals surface area contributed by atoms with E-state index in [0.29, 0.717) is 0 Å². The van der Waals surface area contributed by atoms with Crippen LogP contribution in [0, 0.1) is 0 Å². The fourth-order valence-corrected chi connectivity index (χ4v) is 0.358. The molecular formula is C4H14BN3. The first kappa shape index (κ1) is 7.94. The van der Waals surface area contributed by atoms with Crippen LogP contribution in [-0.4, -0.2) is 51.2 Å². The Labute approximate surface area is 52.2 Å². The lowest BCUT2D eigenvalue weighted by Crippen LogP contribution is -2.43. The SMILES string of the molecule is BN(C)N(C)N(C)C. The van der Waals surface area contributed by atoms with Gasteiger partial charge in [0.15, 0.2) is 0 Å². The second kappa shape index (κ2) is 3.07. The van der Waals surface area contributed by atoms with Gasteiger partial charge in [0.05, 0.1) is 0 Å². The van der Waals surface area contributed by atoms with Gasteiger partial charge >= 0.3 is 0 Å². The molecule has 0 rings (SSSR count). The van der Waals surface area contributed by atoms with Gasteiger partial charge < -0.3 is 0 Å². The number of hydrogen-bond acceptors (Lipinski definition) is 3. The minimum atomic E-state index is 2.00. The molecule has 0 saturated heterocycles. The molecule has 0 aliphatic heterocycles. The van der Waals surface area contributed by atoms with Crippen LogP contribution < -0.4 is 0 Å². The molecule has 3 nitrogen and oxygen atoms in total. The lowest BCUT2D eigenvalue weighted by molar-refractivity contribution is -0.0694. The van der Waals surface area contributed by atoms with Crippen molar-refractivity contribution >= 4 is 7.98 Å². The molecule has 0 radical (unpaired) electrons. The first-order valence-corrected chi connectivity index (χ1v) is 2.64. The monoisotopic (exact) mass is 115 g/mol. The molecule has 0 atom stereocenters. The van der Waals surface area contributed by atoms with Gasteiger partial charge in [-0.25, -0.2) is 5.01 Å². The summed E-state index contributed by atoms with van der Waals surface area (Å²) in [5, 5.41) is 4.00. The molecule has 0 amide bonds. The molecule has 0 aliphatic carbocycles. The Morgan fingerprint density at radius 2 is 1.38 bits per heavy atom. The number of hydrogen-bond donors (Lipinski definition) is 0. The highest BCUT2D eigenvalue weighted by molar-refractivity contribution is 6.03. The molecule has 0 N–H and O–H groups in total. The van der Waals surface area contributed by atoms with E-state index in [2.05, 4.69) is 0 Å². The highest BCUT2D eigenvalue weighted by Gasteiger charge is 1.99. The highest BCUT2D eigenvalue weighted by atomic mass is 15.8. The van der Waals surface area contributed by atoms with E-state index in [1.54, 1.807) is 0 Å². The largest absolute Gasteiger partial charge is 0.280 e. The Morgan fingerprint density at radius 3 is 1.38 bits per heavy atom. The zero-order valence-corrected chi connectivity index (χ0v) is 6.34.